The number of hydrogen-bond acceptors (Lipinski definition) is 5. The van der Waals surface area contributed by atoms with Crippen LogP contribution in [0.25, 0.3) is 11.5 Å². The van der Waals surface area contributed by atoms with E-state index >= 15 is 0 Å². The molecule has 0 aromatic carbocycles. The van der Waals surface area contributed by atoms with Crippen LogP contribution >= 0.6 is 11.6 Å². The molecule has 1 aliphatic carbocycles. The maximum absolute atomic E-state index is 12.6. The van der Waals surface area contributed by atoms with E-state index in [1.807, 2.05) is 0 Å². The number of pyridine rings is 1. The molecule has 3 rings (SSSR count). The number of alkyl halides is 3. The number of hydrogen-bond donors (Lipinski definition) is 0. The average Bonchev–Trinajstić information content (AvgIpc) is 3.36. The standard InChI is InChI=1S/C15H11ClF3N3O2/c16-10-5-9(15(17,18)19)6-21-12(10)13-20-4-3-11(22-13)14(23)24-7-8-1-2-8/h3-6,8H,1-2,7H2. The fourth-order valence-corrected chi connectivity index (χ4v) is 2.15. The zero-order valence-electron chi connectivity index (χ0n) is 12.2. The second-order valence-electron chi connectivity index (χ2n) is 5.36. The van der Waals surface area contributed by atoms with E-state index in [2.05, 4.69) is 15.0 Å². The lowest BCUT2D eigenvalue weighted by atomic mass is 10.2. The van der Waals surface area contributed by atoms with Gasteiger partial charge in [0.2, 0.25) is 0 Å². The molecule has 1 saturated carbocycles. The van der Waals surface area contributed by atoms with Gasteiger partial charge in [-0.25, -0.2) is 14.8 Å². The zero-order valence-corrected chi connectivity index (χ0v) is 12.9. The number of nitrogens with zero attached hydrogens (tertiary/aromatic N) is 3. The highest BCUT2D eigenvalue weighted by atomic mass is 35.5. The molecule has 0 atom stereocenters. The van der Waals surface area contributed by atoms with Gasteiger partial charge in [-0.15, -0.1) is 0 Å². The summed E-state index contributed by atoms with van der Waals surface area (Å²) in [7, 11) is 0. The summed E-state index contributed by atoms with van der Waals surface area (Å²) in [6.07, 6.45) is -0.542. The Bertz CT molecular complexity index is 779. The molecule has 0 spiro atoms. The molecule has 1 fully saturated rings. The van der Waals surface area contributed by atoms with Crippen molar-refractivity contribution < 1.29 is 22.7 Å². The quantitative estimate of drug-likeness (QED) is 0.779. The summed E-state index contributed by atoms with van der Waals surface area (Å²) >= 11 is 5.85. The largest absolute Gasteiger partial charge is 0.461 e. The Morgan fingerprint density at radius 2 is 2.08 bits per heavy atom. The van der Waals surface area contributed by atoms with Crippen LogP contribution in [-0.2, 0) is 10.9 Å². The topological polar surface area (TPSA) is 65.0 Å². The fourth-order valence-electron chi connectivity index (χ4n) is 1.90. The molecule has 2 heterocycles. The van der Waals surface area contributed by atoms with Crippen LogP contribution < -0.4 is 0 Å². The summed E-state index contributed by atoms with van der Waals surface area (Å²) < 4.78 is 43.0. The average molecular weight is 358 g/mol. The number of halogens is 4. The van der Waals surface area contributed by atoms with E-state index in [1.165, 1.54) is 12.3 Å². The van der Waals surface area contributed by atoms with Gasteiger partial charge in [0.25, 0.3) is 0 Å². The maximum atomic E-state index is 12.6. The van der Waals surface area contributed by atoms with E-state index in [0.717, 1.165) is 18.9 Å². The third kappa shape index (κ3) is 3.81. The third-order valence-electron chi connectivity index (χ3n) is 3.39. The minimum absolute atomic E-state index is 0.00147. The first-order valence-corrected chi connectivity index (χ1v) is 7.45. The van der Waals surface area contributed by atoms with Crippen molar-refractivity contribution in [3.05, 3.63) is 40.8 Å². The van der Waals surface area contributed by atoms with Gasteiger partial charge in [0.15, 0.2) is 11.5 Å². The van der Waals surface area contributed by atoms with Gasteiger partial charge in [0, 0.05) is 12.4 Å². The molecule has 24 heavy (non-hydrogen) atoms. The van der Waals surface area contributed by atoms with Crippen LogP contribution in [-0.4, -0.2) is 27.5 Å². The summed E-state index contributed by atoms with van der Waals surface area (Å²) in [4.78, 5) is 23.5. The van der Waals surface area contributed by atoms with Crippen LogP contribution in [0.5, 0.6) is 0 Å². The van der Waals surface area contributed by atoms with Gasteiger partial charge >= 0.3 is 12.1 Å². The minimum atomic E-state index is -4.55. The van der Waals surface area contributed by atoms with Crippen molar-refractivity contribution in [2.75, 3.05) is 6.61 Å². The van der Waals surface area contributed by atoms with Crippen molar-refractivity contribution in [1.29, 1.82) is 0 Å². The lowest BCUT2D eigenvalue weighted by Crippen LogP contribution is -2.11. The summed E-state index contributed by atoms with van der Waals surface area (Å²) in [5.41, 5.74) is -1.02. The lowest BCUT2D eigenvalue weighted by Gasteiger charge is -2.09. The van der Waals surface area contributed by atoms with Gasteiger partial charge in [-0.05, 0) is 30.9 Å². The fraction of sp³-hybridized carbons (Fsp3) is 0.333. The van der Waals surface area contributed by atoms with Crippen molar-refractivity contribution in [2.24, 2.45) is 5.92 Å². The van der Waals surface area contributed by atoms with Gasteiger partial charge in [-0.3, -0.25) is 4.98 Å². The number of carbonyl (C=O) groups excluding carboxylic acids is 1. The predicted octanol–water partition coefficient (Wildman–Crippen LogP) is 3.78. The Morgan fingerprint density at radius 1 is 1.33 bits per heavy atom. The Hall–Kier alpha value is -2.22. The van der Waals surface area contributed by atoms with E-state index in [9.17, 15) is 18.0 Å². The summed E-state index contributed by atoms with van der Waals surface area (Å²) in [6.45, 7) is 0.331. The number of esters is 1. The SMILES string of the molecule is O=C(OCC1CC1)c1ccnc(-c2ncc(C(F)(F)F)cc2Cl)n1. The molecule has 0 N–H and O–H groups in total. The van der Waals surface area contributed by atoms with E-state index < -0.39 is 17.7 Å². The molecule has 9 heteroatoms. The van der Waals surface area contributed by atoms with Crippen LogP contribution in [0.1, 0.15) is 28.9 Å². The van der Waals surface area contributed by atoms with E-state index in [-0.39, 0.29) is 22.2 Å². The van der Waals surface area contributed by atoms with E-state index in [4.69, 9.17) is 16.3 Å². The summed E-state index contributed by atoms with van der Waals surface area (Å²) in [5.74, 6) is -0.260. The Labute approximate surface area is 139 Å². The molecular formula is C15H11ClF3N3O2. The van der Waals surface area contributed by atoms with Crippen molar-refractivity contribution in [2.45, 2.75) is 19.0 Å². The highest BCUT2D eigenvalue weighted by molar-refractivity contribution is 6.32. The van der Waals surface area contributed by atoms with Crippen molar-refractivity contribution in [3.8, 4) is 11.5 Å². The molecule has 0 radical (unpaired) electrons. The first kappa shape index (κ1) is 16.6. The molecule has 0 bridgehead atoms. The highest BCUT2D eigenvalue weighted by Crippen LogP contribution is 2.33. The first-order chi connectivity index (χ1) is 11.3. The maximum Gasteiger partial charge on any atom is 0.417 e. The molecule has 0 aliphatic heterocycles. The Morgan fingerprint density at radius 3 is 2.71 bits per heavy atom. The number of carbonyl (C=O) groups is 1. The smallest absolute Gasteiger partial charge is 0.417 e. The molecule has 0 amide bonds. The van der Waals surface area contributed by atoms with Crippen molar-refractivity contribution >= 4 is 17.6 Å². The first-order valence-electron chi connectivity index (χ1n) is 7.08. The number of rotatable bonds is 4. The normalized spacial score (nSPS) is 14.5. The Kier molecular flexibility index (Phi) is 4.40. The van der Waals surface area contributed by atoms with Crippen molar-refractivity contribution in [3.63, 3.8) is 0 Å². The predicted molar refractivity (Wildman–Crippen MR) is 78.3 cm³/mol. The van der Waals surface area contributed by atoms with Gasteiger partial charge in [-0.2, -0.15) is 13.2 Å². The molecule has 126 valence electrons. The van der Waals surface area contributed by atoms with Crippen molar-refractivity contribution in [1.82, 2.24) is 15.0 Å². The van der Waals surface area contributed by atoms with Crippen LogP contribution in [0.2, 0.25) is 5.02 Å². The second kappa shape index (κ2) is 6.35. The third-order valence-corrected chi connectivity index (χ3v) is 3.68. The van der Waals surface area contributed by atoms with Gasteiger partial charge in [0.05, 0.1) is 17.2 Å². The van der Waals surface area contributed by atoms with E-state index in [0.29, 0.717) is 18.7 Å². The van der Waals surface area contributed by atoms with Gasteiger partial charge in [0.1, 0.15) is 5.69 Å². The lowest BCUT2D eigenvalue weighted by molar-refractivity contribution is -0.137. The highest BCUT2D eigenvalue weighted by Gasteiger charge is 2.32. The van der Waals surface area contributed by atoms with E-state index in [1.54, 1.807) is 0 Å². The number of aromatic nitrogens is 3. The zero-order chi connectivity index (χ0) is 17.3. The molecular weight excluding hydrogens is 347 g/mol. The summed E-state index contributed by atoms with van der Waals surface area (Å²) in [6, 6.07) is 2.10. The van der Waals surface area contributed by atoms with Crippen LogP contribution in [0.15, 0.2) is 24.5 Å². The molecule has 0 saturated heterocycles. The Balaban J connectivity index is 1.84. The molecule has 0 unspecified atom stereocenters. The molecule has 2 aromatic rings. The molecule has 1 aliphatic rings. The van der Waals surface area contributed by atoms with Gasteiger partial charge in [-0.1, -0.05) is 11.6 Å². The van der Waals surface area contributed by atoms with Crippen LogP contribution in [0, 0.1) is 5.92 Å². The summed E-state index contributed by atoms with van der Waals surface area (Å²) in [5, 5.41) is -0.256. The molecule has 2 aromatic heterocycles. The number of ether oxygens (including phenoxy) is 1. The monoisotopic (exact) mass is 357 g/mol. The second-order valence-corrected chi connectivity index (χ2v) is 5.77. The van der Waals surface area contributed by atoms with Crippen LogP contribution in [0.4, 0.5) is 13.2 Å². The minimum Gasteiger partial charge on any atom is -0.461 e. The molecule has 5 nitrogen and oxygen atoms in total. The van der Waals surface area contributed by atoms with Gasteiger partial charge < -0.3 is 4.74 Å². The van der Waals surface area contributed by atoms with Crippen LogP contribution in [0.3, 0.4) is 0 Å².